The molecular weight excluding hydrogens is 142 g/mol. The molecule has 0 saturated carbocycles. The Morgan fingerprint density at radius 1 is 1.55 bits per heavy atom. The predicted octanol–water partition coefficient (Wildman–Crippen LogP) is 0.904. The van der Waals surface area contributed by atoms with Gasteiger partial charge < -0.3 is 4.74 Å². The van der Waals surface area contributed by atoms with Gasteiger partial charge in [0, 0.05) is 13.5 Å². The number of aromatic amines is 1. The molecule has 62 valence electrons. The van der Waals surface area contributed by atoms with Crippen LogP contribution in [0.25, 0.3) is 0 Å². The van der Waals surface area contributed by atoms with Gasteiger partial charge in [0.15, 0.2) is 11.6 Å². The summed E-state index contributed by atoms with van der Waals surface area (Å²) in [5.74, 6) is 1.68. The van der Waals surface area contributed by atoms with Gasteiger partial charge in [-0.05, 0) is 6.42 Å². The molecule has 11 heavy (non-hydrogen) atoms. The van der Waals surface area contributed by atoms with Crippen molar-refractivity contribution in [3.05, 3.63) is 11.6 Å². The van der Waals surface area contributed by atoms with Crippen molar-refractivity contribution in [3.8, 4) is 0 Å². The number of methoxy groups -OCH3 is 1. The summed E-state index contributed by atoms with van der Waals surface area (Å²) in [7, 11) is 1.64. The number of nitrogens with zero attached hydrogens (tertiary/aromatic N) is 2. The average Bonchev–Trinajstić information content (AvgIpc) is 2.38. The van der Waals surface area contributed by atoms with Crippen LogP contribution in [-0.2, 0) is 17.8 Å². The van der Waals surface area contributed by atoms with Crippen LogP contribution >= 0.6 is 0 Å². The minimum Gasteiger partial charge on any atom is -0.377 e. The summed E-state index contributed by atoms with van der Waals surface area (Å²) < 4.78 is 4.89. The van der Waals surface area contributed by atoms with Gasteiger partial charge in [-0.2, -0.15) is 5.10 Å². The number of nitrogens with one attached hydrogen (secondary N) is 1. The Kier molecular flexibility index (Phi) is 3.04. The molecule has 0 radical (unpaired) electrons. The Morgan fingerprint density at radius 3 is 3.00 bits per heavy atom. The van der Waals surface area contributed by atoms with Crippen molar-refractivity contribution in [1.82, 2.24) is 15.2 Å². The van der Waals surface area contributed by atoms with Crippen LogP contribution in [0.2, 0.25) is 0 Å². The summed E-state index contributed by atoms with van der Waals surface area (Å²) in [6.45, 7) is 2.61. The highest BCUT2D eigenvalue weighted by atomic mass is 16.5. The summed E-state index contributed by atoms with van der Waals surface area (Å²) in [4.78, 5) is 4.20. The molecule has 0 bridgehead atoms. The number of hydrogen-bond acceptors (Lipinski definition) is 3. The topological polar surface area (TPSA) is 50.8 Å². The van der Waals surface area contributed by atoms with Crippen molar-refractivity contribution < 1.29 is 4.74 Å². The van der Waals surface area contributed by atoms with E-state index in [1.54, 1.807) is 7.11 Å². The van der Waals surface area contributed by atoms with E-state index in [0.717, 1.165) is 24.5 Å². The SMILES string of the molecule is CCCc1n[nH]c(COC)n1. The molecule has 0 saturated heterocycles. The van der Waals surface area contributed by atoms with Crippen LogP contribution in [0.1, 0.15) is 25.0 Å². The third-order valence-corrected chi connectivity index (χ3v) is 1.33. The average molecular weight is 155 g/mol. The largest absolute Gasteiger partial charge is 0.377 e. The Balaban J connectivity index is 2.51. The van der Waals surface area contributed by atoms with Gasteiger partial charge >= 0.3 is 0 Å². The van der Waals surface area contributed by atoms with E-state index >= 15 is 0 Å². The van der Waals surface area contributed by atoms with Crippen LogP contribution in [0.4, 0.5) is 0 Å². The van der Waals surface area contributed by atoms with Gasteiger partial charge in [0.05, 0.1) is 0 Å². The first kappa shape index (κ1) is 8.20. The van der Waals surface area contributed by atoms with Crippen LogP contribution in [0.3, 0.4) is 0 Å². The number of ether oxygens (including phenoxy) is 1. The summed E-state index contributed by atoms with van der Waals surface area (Å²) in [6, 6.07) is 0. The molecule has 0 fully saturated rings. The number of hydrogen-bond donors (Lipinski definition) is 1. The van der Waals surface area contributed by atoms with Crippen molar-refractivity contribution in [2.45, 2.75) is 26.4 Å². The zero-order valence-electron chi connectivity index (χ0n) is 6.92. The molecule has 1 heterocycles. The second-order valence-electron chi connectivity index (χ2n) is 2.38. The maximum Gasteiger partial charge on any atom is 0.150 e. The molecule has 1 rings (SSSR count). The summed E-state index contributed by atoms with van der Waals surface area (Å²) >= 11 is 0. The van der Waals surface area contributed by atoms with Gasteiger partial charge in [0.25, 0.3) is 0 Å². The van der Waals surface area contributed by atoms with E-state index in [1.165, 1.54) is 0 Å². The van der Waals surface area contributed by atoms with Gasteiger partial charge in [-0.3, -0.25) is 5.10 Å². The first-order chi connectivity index (χ1) is 5.36. The van der Waals surface area contributed by atoms with E-state index in [2.05, 4.69) is 22.1 Å². The lowest BCUT2D eigenvalue weighted by molar-refractivity contribution is 0.178. The molecule has 0 aliphatic rings. The van der Waals surface area contributed by atoms with Gasteiger partial charge in [-0.1, -0.05) is 6.92 Å². The van der Waals surface area contributed by atoms with E-state index in [4.69, 9.17) is 4.74 Å². The standard InChI is InChI=1S/C7H13N3O/c1-3-4-6-8-7(5-11-2)10-9-6/h3-5H2,1-2H3,(H,8,9,10). The van der Waals surface area contributed by atoms with E-state index in [-0.39, 0.29) is 0 Å². The third kappa shape index (κ3) is 2.31. The quantitative estimate of drug-likeness (QED) is 0.703. The smallest absolute Gasteiger partial charge is 0.150 e. The Hall–Kier alpha value is -0.900. The molecule has 0 atom stereocenters. The highest BCUT2D eigenvalue weighted by molar-refractivity contribution is 4.88. The predicted molar refractivity (Wildman–Crippen MR) is 41.1 cm³/mol. The fourth-order valence-electron chi connectivity index (χ4n) is 0.872. The van der Waals surface area contributed by atoms with Crippen molar-refractivity contribution in [1.29, 1.82) is 0 Å². The van der Waals surface area contributed by atoms with Crippen LogP contribution < -0.4 is 0 Å². The second kappa shape index (κ2) is 4.08. The number of aromatic nitrogens is 3. The van der Waals surface area contributed by atoms with Crippen LogP contribution in [-0.4, -0.2) is 22.3 Å². The lowest BCUT2D eigenvalue weighted by Gasteiger charge is -1.89. The molecule has 0 spiro atoms. The maximum atomic E-state index is 4.89. The Labute approximate surface area is 66.0 Å². The minimum absolute atomic E-state index is 0.511. The summed E-state index contributed by atoms with van der Waals surface area (Å²) in [5, 5.41) is 6.81. The normalized spacial score (nSPS) is 10.4. The molecule has 4 heteroatoms. The second-order valence-corrected chi connectivity index (χ2v) is 2.38. The molecular formula is C7H13N3O. The van der Waals surface area contributed by atoms with Crippen LogP contribution in [0.5, 0.6) is 0 Å². The van der Waals surface area contributed by atoms with Crippen LogP contribution in [0.15, 0.2) is 0 Å². The molecule has 0 aromatic carbocycles. The monoisotopic (exact) mass is 155 g/mol. The Bertz CT molecular complexity index is 189. The van der Waals surface area contributed by atoms with E-state index in [1.807, 2.05) is 0 Å². The van der Waals surface area contributed by atoms with Crippen molar-refractivity contribution >= 4 is 0 Å². The molecule has 0 aliphatic heterocycles. The molecule has 0 amide bonds. The fourth-order valence-corrected chi connectivity index (χ4v) is 0.872. The van der Waals surface area contributed by atoms with Crippen molar-refractivity contribution in [2.24, 2.45) is 0 Å². The van der Waals surface area contributed by atoms with Crippen molar-refractivity contribution in [2.75, 3.05) is 7.11 Å². The van der Waals surface area contributed by atoms with Gasteiger partial charge in [0.1, 0.15) is 6.61 Å². The number of H-pyrrole nitrogens is 1. The molecule has 0 aliphatic carbocycles. The first-order valence-electron chi connectivity index (χ1n) is 3.76. The molecule has 1 aromatic rings. The first-order valence-corrected chi connectivity index (χ1v) is 3.76. The van der Waals surface area contributed by atoms with E-state index in [9.17, 15) is 0 Å². The molecule has 1 N–H and O–H groups in total. The minimum atomic E-state index is 0.511. The zero-order chi connectivity index (χ0) is 8.10. The molecule has 4 nitrogen and oxygen atoms in total. The van der Waals surface area contributed by atoms with Crippen LogP contribution in [0, 0.1) is 0 Å². The maximum absolute atomic E-state index is 4.89. The molecule has 1 aromatic heterocycles. The lowest BCUT2D eigenvalue weighted by Crippen LogP contribution is -1.90. The Morgan fingerprint density at radius 2 is 2.36 bits per heavy atom. The van der Waals surface area contributed by atoms with Gasteiger partial charge in [-0.25, -0.2) is 4.98 Å². The highest BCUT2D eigenvalue weighted by Crippen LogP contribution is 1.96. The van der Waals surface area contributed by atoms with Crippen molar-refractivity contribution in [3.63, 3.8) is 0 Å². The zero-order valence-corrected chi connectivity index (χ0v) is 6.92. The third-order valence-electron chi connectivity index (χ3n) is 1.33. The van der Waals surface area contributed by atoms with E-state index < -0.39 is 0 Å². The highest BCUT2D eigenvalue weighted by Gasteiger charge is 1.99. The number of aryl methyl sites for hydroxylation is 1. The van der Waals surface area contributed by atoms with Gasteiger partial charge in [-0.15, -0.1) is 0 Å². The summed E-state index contributed by atoms with van der Waals surface area (Å²) in [5.41, 5.74) is 0. The lowest BCUT2D eigenvalue weighted by atomic mass is 10.3. The summed E-state index contributed by atoms with van der Waals surface area (Å²) in [6.07, 6.45) is 2.00. The number of rotatable bonds is 4. The molecule has 0 unspecified atom stereocenters. The fraction of sp³-hybridized carbons (Fsp3) is 0.714. The van der Waals surface area contributed by atoms with E-state index in [0.29, 0.717) is 6.61 Å². The van der Waals surface area contributed by atoms with Gasteiger partial charge in [0.2, 0.25) is 0 Å².